The first-order valence-electron chi connectivity index (χ1n) is 9.99. The Morgan fingerprint density at radius 2 is 1.97 bits per heavy atom. The van der Waals surface area contributed by atoms with Gasteiger partial charge in [-0.15, -0.1) is 5.10 Å². The summed E-state index contributed by atoms with van der Waals surface area (Å²) in [7, 11) is 3.77. The molecule has 1 fully saturated rings. The minimum atomic E-state index is 0.463. The minimum Gasteiger partial charge on any atom is -0.495 e. The van der Waals surface area contributed by atoms with Crippen molar-refractivity contribution in [2.75, 3.05) is 27.2 Å². The molecule has 0 bridgehead atoms. The van der Waals surface area contributed by atoms with Crippen LogP contribution in [0.2, 0.25) is 0 Å². The van der Waals surface area contributed by atoms with Crippen LogP contribution in [-0.2, 0) is 6.42 Å². The van der Waals surface area contributed by atoms with Crippen LogP contribution < -0.4 is 4.74 Å². The Morgan fingerprint density at radius 1 is 1.10 bits per heavy atom. The van der Waals surface area contributed by atoms with Crippen LogP contribution in [-0.4, -0.2) is 71.9 Å². The Morgan fingerprint density at radius 3 is 2.73 bits per heavy atom. The third-order valence-corrected chi connectivity index (χ3v) is 5.50. The Balaban J connectivity index is 1.37. The zero-order valence-electron chi connectivity index (χ0n) is 17.0. The van der Waals surface area contributed by atoms with E-state index in [1.807, 2.05) is 18.3 Å². The van der Waals surface area contributed by atoms with Gasteiger partial charge in [0.2, 0.25) is 0 Å². The van der Waals surface area contributed by atoms with Crippen molar-refractivity contribution in [1.82, 2.24) is 44.6 Å². The standard InChI is InChI=1S/C20H23N9O/c1-27-7-5-15(6-8-27)28-13-14(10-23-28)9-18-21-12-17-20(24-18)29(26-25-17)19-4-3-16(30-2)11-22-19/h3-4,10-13,15H,5-9H2,1-2H3. The fourth-order valence-electron chi connectivity index (χ4n) is 3.73. The number of rotatable bonds is 5. The van der Waals surface area contributed by atoms with Gasteiger partial charge in [-0.25, -0.2) is 15.0 Å². The van der Waals surface area contributed by atoms with Crippen molar-refractivity contribution in [2.24, 2.45) is 0 Å². The first kappa shape index (κ1) is 18.6. The molecule has 30 heavy (non-hydrogen) atoms. The van der Waals surface area contributed by atoms with Gasteiger partial charge in [0.25, 0.3) is 0 Å². The van der Waals surface area contributed by atoms with E-state index in [4.69, 9.17) is 9.72 Å². The van der Waals surface area contributed by atoms with Crippen LogP contribution in [0.4, 0.5) is 0 Å². The third kappa shape index (κ3) is 3.61. The lowest BCUT2D eigenvalue weighted by Crippen LogP contribution is -2.31. The number of nitrogens with zero attached hydrogens (tertiary/aromatic N) is 9. The molecule has 0 saturated carbocycles. The van der Waals surface area contributed by atoms with Crippen molar-refractivity contribution in [3.63, 3.8) is 0 Å². The van der Waals surface area contributed by atoms with Gasteiger partial charge in [0.15, 0.2) is 17.0 Å². The molecule has 1 aliphatic heterocycles. The number of piperidine rings is 1. The zero-order chi connectivity index (χ0) is 20.5. The second-order valence-corrected chi connectivity index (χ2v) is 7.59. The fourth-order valence-corrected chi connectivity index (χ4v) is 3.73. The number of fused-ring (bicyclic) bond motifs is 1. The molecule has 5 rings (SSSR count). The van der Waals surface area contributed by atoms with Gasteiger partial charge in [0.05, 0.1) is 31.7 Å². The van der Waals surface area contributed by atoms with Gasteiger partial charge in [0.1, 0.15) is 11.6 Å². The largest absolute Gasteiger partial charge is 0.495 e. The topological polar surface area (TPSA) is 99.7 Å². The highest BCUT2D eigenvalue weighted by Crippen LogP contribution is 2.22. The van der Waals surface area contributed by atoms with E-state index in [-0.39, 0.29) is 0 Å². The van der Waals surface area contributed by atoms with Crippen LogP contribution in [0.15, 0.2) is 36.9 Å². The fraction of sp³-hybridized carbons (Fsp3) is 0.400. The maximum atomic E-state index is 5.17. The summed E-state index contributed by atoms with van der Waals surface area (Å²) in [5.74, 6) is 2.00. The van der Waals surface area contributed by atoms with E-state index in [1.165, 1.54) is 0 Å². The molecule has 4 aromatic heterocycles. The number of likely N-dealkylation sites (tertiary alicyclic amines) is 1. The average molecular weight is 405 g/mol. The van der Waals surface area contributed by atoms with Gasteiger partial charge in [-0.2, -0.15) is 9.78 Å². The summed E-state index contributed by atoms with van der Waals surface area (Å²) in [6.45, 7) is 2.21. The van der Waals surface area contributed by atoms with Crippen LogP contribution in [0.25, 0.3) is 17.0 Å². The lowest BCUT2D eigenvalue weighted by molar-refractivity contribution is 0.212. The van der Waals surface area contributed by atoms with E-state index in [2.05, 4.69) is 48.2 Å². The Labute approximate surface area is 173 Å². The molecule has 0 atom stereocenters. The van der Waals surface area contributed by atoms with E-state index >= 15 is 0 Å². The molecule has 4 aromatic rings. The Kier molecular flexibility index (Phi) is 4.83. The molecule has 10 nitrogen and oxygen atoms in total. The lowest BCUT2D eigenvalue weighted by Gasteiger charge is -2.28. The third-order valence-electron chi connectivity index (χ3n) is 5.50. The van der Waals surface area contributed by atoms with Crippen LogP contribution in [0.1, 0.15) is 30.3 Å². The average Bonchev–Trinajstić information content (AvgIpc) is 3.41. The van der Waals surface area contributed by atoms with Crippen molar-refractivity contribution in [3.8, 4) is 11.6 Å². The predicted molar refractivity (Wildman–Crippen MR) is 110 cm³/mol. The molecular weight excluding hydrogens is 382 g/mol. The number of hydrogen-bond donors (Lipinski definition) is 0. The molecule has 10 heteroatoms. The van der Waals surface area contributed by atoms with E-state index in [0.717, 1.165) is 31.5 Å². The highest BCUT2D eigenvalue weighted by atomic mass is 16.5. The molecule has 5 heterocycles. The summed E-state index contributed by atoms with van der Waals surface area (Å²) in [6, 6.07) is 4.11. The summed E-state index contributed by atoms with van der Waals surface area (Å²) < 4.78 is 8.87. The van der Waals surface area contributed by atoms with Crippen LogP contribution in [0.3, 0.4) is 0 Å². The van der Waals surface area contributed by atoms with Gasteiger partial charge < -0.3 is 9.64 Å². The van der Waals surface area contributed by atoms with Crippen molar-refractivity contribution >= 4 is 11.2 Å². The maximum Gasteiger partial charge on any atom is 0.188 e. The Hall–Kier alpha value is -3.40. The molecule has 0 radical (unpaired) electrons. The van der Waals surface area contributed by atoms with E-state index in [0.29, 0.717) is 41.0 Å². The molecule has 0 aliphatic carbocycles. The number of aromatic nitrogens is 8. The number of methoxy groups -OCH3 is 1. The molecule has 1 aliphatic rings. The van der Waals surface area contributed by atoms with E-state index in [9.17, 15) is 0 Å². The first-order chi connectivity index (χ1) is 14.7. The van der Waals surface area contributed by atoms with Crippen molar-refractivity contribution in [1.29, 1.82) is 0 Å². The highest BCUT2D eigenvalue weighted by Gasteiger charge is 2.19. The van der Waals surface area contributed by atoms with Gasteiger partial charge in [0, 0.05) is 12.6 Å². The number of hydrogen-bond acceptors (Lipinski definition) is 8. The van der Waals surface area contributed by atoms with Crippen molar-refractivity contribution < 1.29 is 4.74 Å². The highest BCUT2D eigenvalue weighted by molar-refractivity contribution is 5.70. The van der Waals surface area contributed by atoms with Gasteiger partial charge >= 0.3 is 0 Å². The number of ether oxygens (including phenoxy) is 1. The molecule has 0 amide bonds. The zero-order valence-corrected chi connectivity index (χ0v) is 17.0. The summed E-state index contributed by atoms with van der Waals surface area (Å²) in [5.41, 5.74) is 2.34. The summed E-state index contributed by atoms with van der Waals surface area (Å²) in [6.07, 6.45) is 10.2. The summed E-state index contributed by atoms with van der Waals surface area (Å²) >= 11 is 0. The van der Waals surface area contributed by atoms with Crippen LogP contribution >= 0.6 is 0 Å². The normalized spacial score (nSPS) is 15.7. The van der Waals surface area contributed by atoms with Gasteiger partial charge in [-0.05, 0) is 50.7 Å². The van der Waals surface area contributed by atoms with E-state index in [1.54, 1.807) is 24.2 Å². The van der Waals surface area contributed by atoms with Gasteiger partial charge in [-0.1, -0.05) is 5.21 Å². The first-order valence-corrected chi connectivity index (χ1v) is 9.99. The molecule has 154 valence electrons. The molecular formula is C20H23N9O. The molecule has 0 unspecified atom stereocenters. The monoisotopic (exact) mass is 405 g/mol. The second kappa shape index (κ2) is 7.79. The molecule has 0 spiro atoms. The second-order valence-electron chi connectivity index (χ2n) is 7.59. The molecule has 1 saturated heterocycles. The van der Waals surface area contributed by atoms with Crippen molar-refractivity contribution in [3.05, 3.63) is 48.3 Å². The lowest BCUT2D eigenvalue weighted by atomic mass is 10.1. The Bertz CT molecular complexity index is 1140. The summed E-state index contributed by atoms with van der Waals surface area (Å²) in [4.78, 5) is 15.9. The molecule has 0 N–H and O–H groups in total. The van der Waals surface area contributed by atoms with Gasteiger partial charge in [-0.3, -0.25) is 4.68 Å². The number of pyridine rings is 1. The maximum absolute atomic E-state index is 5.17. The van der Waals surface area contributed by atoms with Crippen molar-refractivity contribution in [2.45, 2.75) is 25.3 Å². The van der Waals surface area contributed by atoms with Crippen LogP contribution in [0.5, 0.6) is 5.75 Å². The SMILES string of the molecule is COc1ccc(-n2nnc3cnc(Cc4cnn(C5CCN(C)CC5)c4)nc32)nc1. The summed E-state index contributed by atoms with van der Waals surface area (Å²) in [5, 5.41) is 12.9. The van der Waals surface area contributed by atoms with E-state index < -0.39 is 0 Å². The molecule has 0 aromatic carbocycles. The predicted octanol–water partition coefficient (Wildman–Crippen LogP) is 1.67. The minimum absolute atomic E-state index is 0.463. The smallest absolute Gasteiger partial charge is 0.188 e. The quantitative estimate of drug-likeness (QED) is 0.494. The van der Waals surface area contributed by atoms with Crippen LogP contribution in [0, 0.1) is 0 Å².